The Kier molecular flexibility index (Phi) is 7.09. The molecule has 0 amide bonds. The second-order valence-corrected chi connectivity index (χ2v) is 9.18. The van der Waals surface area contributed by atoms with Crippen LogP contribution >= 0.6 is 0 Å². The standard InChI is InChI=1S/C20H32N2O3S/c1-2-18-8-3-4-9-20(18)26(23,24)22(19-10-16-25-17-11-19)15-7-14-21-12-5-6-13-21/h3-4,8-9,19H,2,5-7,10-17H2,1H3. The molecule has 146 valence electrons. The van der Waals surface area contributed by atoms with Crippen LogP contribution in [0, 0.1) is 0 Å². The fourth-order valence-electron chi connectivity index (χ4n) is 4.10. The molecule has 0 aromatic heterocycles. The number of nitrogens with zero attached hydrogens (tertiary/aromatic N) is 2. The summed E-state index contributed by atoms with van der Waals surface area (Å²) in [4.78, 5) is 2.93. The Bertz CT molecular complexity index is 665. The van der Waals surface area contributed by atoms with Gasteiger partial charge < -0.3 is 9.64 Å². The molecule has 2 heterocycles. The molecule has 26 heavy (non-hydrogen) atoms. The zero-order valence-electron chi connectivity index (χ0n) is 15.9. The Morgan fingerprint density at radius 3 is 2.54 bits per heavy atom. The lowest BCUT2D eigenvalue weighted by Crippen LogP contribution is -2.44. The number of rotatable bonds is 8. The van der Waals surface area contributed by atoms with Gasteiger partial charge in [0.25, 0.3) is 0 Å². The van der Waals surface area contributed by atoms with Gasteiger partial charge >= 0.3 is 0 Å². The molecule has 1 aromatic carbocycles. The van der Waals surface area contributed by atoms with Crippen molar-refractivity contribution in [3.63, 3.8) is 0 Å². The first-order chi connectivity index (χ1) is 12.6. The third kappa shape index (κ3) is 4.66. The highest BCUT2D eigenvalue weighted by molar-refractivity contribution is 7.89. The van der Waals surface area contributed by atoms with Crippen LogP contribution in [0.25, 0.3) is 0 Å². The zero-order chi connectivity index (χ0) is 18.4. The van der Waals surface area contributed by atoms with Gasteiger partial charge in [-0.05, 0) is 69.8 Å². The highest BCUT2D eigenvalue weighted by Gasteiger charge is 2.33. The van der Waals surface area contributed by atoms with E-state index in [9.17, 15) is 8.42 Å². The maximum Gasteiger partial charge on any atom is 0.243 e. The molecule has 0 bridgehead atoms. The minimum Gasteiger partial charge on any atom is -0.381 e. The molecule has 3 rings (SSSR count). The van der Waals surface area contributed by atoms with Crippen molar-refractivity contribution < 1.29 is 13.2 Å². The lowest BCUT2D eigenvalue weighted by molar-refractivity contribution is 0.0577. The highest BCUT2D eigenvalue weighted by Crippen LogP contribution is 2.26. The average Bonchev–Trinajstić information content (AvgIpc) is 3.19. The SMILES string of the molecule is CCc1ccccc1S(=O)(=O)N(CCCN1CCCC1)C1CCOCC1. The van der Waals surface area contributed by atoms with Crippen molar-refractivity contribution in [2.45, 2.75) is 56.4 Å². The third-order valence-corrected chi connectivity index (χ3v) is 7.64. The summed E-state index contributed by atoms with van der Waals surface area (Å²) in [6, 6.07) is 7.50. The van der Waals surface area contributed by atoms with Crippen LogP contribution in [0.3, 0.4) is 0 Å². The van der Waals surface area contributed by atoms with Crippen molar-refractivity contribution in [3.8, 4) is 0 Å². The predicted octanol–water partition coefficient (Wildman–Crippen LogP) is 2.90. The van der Waals surface area contributed by atoms with Crippen LogP contribution in [0.5, 0.6) is 0 Å². The van der Waals surface area contributed by atoms with E-state index < -0.39 is 10.0 Å². The Hall–Kier alpha value is -0.950. The Morgan fingerprint density at radius 1 is 1.15 bits per heavy atom. The Balaban J connectivity index is 1.78. The van der Waals surface area contributed by atoms with E-state index in [0.29, 0.717) is 24.7 Å². The predicted molar refractivity (Wildman–Crippen MR) is 104 cm³/mol. The molecule has 0 spiro atoms. The van der Waals surface area contributed by atoms with Gasteiger partial charge in [0.15, 0.2) is 0 Å². The van der Waals surface area contributed by atoms with E-state index in [1.165, 1.54) is 12.8 Å². The number of benzene rings is 1. The molecule has 0 N–H and O–H groups in total. The van der Waals surface area contributed by atoms with Crippen molar-refractivity contribution in [2.24, 2.45) is 0 Å². The van der Waals surface area contributed by atoms with Crippen LogP contribution in [0.4, 0.5) is 0 Å². The molecule has 0 unspecified atom stereocenters. The van der Waals surface area contributed by atoms with Crippen molar-refractivity contribution >= 4 is 10.0 Å². The molecule has 2 aliphatic rings. The van der Waals surface area contributed by atoms with Crippen LogP contribution < -0.4 is 0 Å². The largest absolute Gasteiger partial charge is 0.381 e. The molecular formula is C20H32N2O3S. The maximum absolute atomic E-state index is 13.5. The smallest absolute Gasteiger partial charge is 0.243 e. The van der Waals surface area contributed by atoms with E-state index in [4.69, 9.17) is 4.74 Å². The lowest BCUT2D eigenvalue weighted by atomic mass is 10.1. The fourth-order valence-corrected chi connectivity index (χ4v) is 6.12. The van der Waals surface area contributed by atoms with Gasteiger partial charge in [0.1, 0.15) is 0 Å². The van der Waals surface area contributed by atoms with E-state index >= 15 is 0 Å². The van der Waals surface area contributed by atoms with Gasteiger partial charge in [-0.25, -0.2) is 8.42 Å². The molecular weight excluding hydrogens is 348 g/mol. The summed E-state index contributed by atoms with van der Waals surface area (Å²) in [5, 5.41) is 0. The topological polar surface area (TPSA) is 49.9 Å². The molecule has 0 saturated carbocycles. The van der Waals surface area contributed by atoms with Gasteiger partial charge in [-0.1, -0.05) is 25.1 Å². The van der Waals surface area contributed by atoms with Crippen LogP contribution in [-0.2, 0) is 21.2 Å². The van der Waals surface area contributed by atoms with Crippen LogP contribution in [-0.4, -0.2) is 63.1 Å². The molecule has 1 aromatic rings. The van der Waals surface area contributed by atoms with E-state index in [2.05, 4.69) is 4.90 Å². The number of hydrogen-bond acceptors (Lipinski definition) is 4. The van der Waals surface area contributed by atoms with Crippen molar-refractivity contribution in [3.05, 3.63) is 29.8 Å². The molecule has 2 saturated heterocycles. The minimum atomic E-state index is -3.48. The van der Waals surface area contributed by atoms with Crippen molar-refractivity contribution in [1.82, 2.24) is 9.21 Å². The normalized spacial score (nSPS) is 20.1. The second kappa shape index (κ2) is 9.31. The first kappa shape index (κ1) is 19.8. The molecule has 2 aliphatic heterocycles. The summed E-state index contributed by atoms with van der Waals surface area (Å²) in [7, 11) is -3.48. The lowest BCUT2D eigenvalue weighted by Gasteiger charge is -2.34. The van der Waals surface area contributed by atoms with Gasteiger partial charge in [0.05, 0.1) is 4.90 Å². The molecule has 0 atom stereocenters. The summed E-state index contributed by atoms with van der Waals surface area (Å²) < 4.78 is 34.3. The van der Waals surface area contributed by atoms with Crippen LogP contribution in [0.1, 0.15) is 44.6 Å². The van der Waals surface area contributed by atoms with Crippen LogP contribution in [0.2, 0.25) is 0 Å². The molecule has 5 nitrogen and oxygen atoms in total. The summed E-state index contributed by atoms with van der Waals surface area (Å²) >= 11 is 0. The first-order valence-electron chi connectivity index (χ1n) is 10.0. The zero-order valence-corrected chi connectivity index (χ0v) is 16.7. The van der Waals surface area contributed by atoms with Crippen LogP contribution in [0.15, 0.2) is 29.2 Å². The maximum atomic E-state index is 13.5. The molecule has 0 aliphatic carbocycles. The highest BCUT2D eigenvalue weighted by atomic mass is 32.2. The quantitative estimate of drug-likeness (QED) is 0.696. The molecule has 2 fully saturated rings. The summed E-state index contributed by atoms with van der Waals surface area (Å²) in [5.41, 5.74) is 0.907. The second-order valence-electron chi connectivity index (χ2n) is 7.32. The van der Waals surface area contributed by atoms with E-state index in [-0.39, 0.29) is 6.04 Å². The Morgan fingerprint density at radius 2 is 1.85 bits per heavy atom. The van der Waals surface area contributed by atoms with E-state index in [0.717, 1.165) is 50.9 Å². The summed E-state index contributed by atoms with van der Waals surface area (Å²) in [5.74, 6) is 0. The molecule has 6 heteroatoms. The number of hydrogen-bond donors (Lipinski definition) is 0. The van der Waals surface area contributed by atoms with Gasteiger partial charge in [0, 0.05) is 25.8 Å². The average molecular weight is 381 g/mol. The third-order valence-electron chi connectivity index (χ3n) is 5.59. The van der Waals surface area contributed by atoms with Gasteiger partial charge in [-0.15, -0.1) is 0 Å². The number of aryl methyl sites for hydroxylation is 1. The summed E-state index contributed by atoms with van der Waals surface area (Å²) in [6.45, 7) is 7.22. The summed E-state index contributed by atoms with van der Waals surface area (Å²) in [6.07, 6.45) is 5.74. The van der Waals surface area contributed by atoms with Crippen molar-refractivity contribution in [2.75, 3.05) is 39.4 Å². The minimum absolute atomic E-state index is 0.0530. The Labute approximate surface area is 158 Å². The number of likely N-dealkylation sites (tertiary alicyclic amines) is 1. The fraction of sp³-hybridized carbons (Fsp3) is 0.700. The monoisotopic (exact) mass is 380 g/mol. The van der Waals surface area contributed by atoms with E-state index in [1.54, 1.807) is 10.4 Å². The molecule has 0 radical (unpaired) electrons. The van der Waals surface area contributed by atoms with E-state index in [1.807, 2.05) is 25.1 Å². The van der Waals surface area contributed by atoms with Crippen molar-refractivity contribution in [1.29, 1.82) is 0 Å². The number of sulfonamides is 1. The van der Waals surface area contributed by atoms with Gasteiger partial charge in [-0.3, -0.25) is 0 Å². The number of ether oxygens (including phenoxy) is 1. The van der Waals surface area contributed by atoms with Gasteiger partial charge in [-0.2, -0.15) is 4.31 Å². The first-order valence-corrected chi connectivity index (χ1v) is 11.5. The van der Waals surface area contributed by atoms with Gasteiger partial charge in [0.2, 0.25) is 10.0 Å².